The number of primary amides is 1. The molecule has 0 heterocycles. The molecule has 3 aliphatic rings. The van der Waals surface area contributed by atoms with Gasteiger partial charge in [-0.1, -0.05) is 19.9 Å². The number of benzene rings is 1. The summed E-state index contributed by atoms with van der Waals surface area (Å²) in [5, 5.41) is 31.4. The minimum Gasteiger partial charge on any atom is -0.507 e. The second kappa shape index (κ2) is 7.91. The van der Waals surface area contributed by atoms with E-state index in [0.717, 1.165) is 0 Å². The lowest BCUT2D eigenvalue weighted by molar-refractivity contribution is -0.203. The van der Waals surface area contributed by atoms with E-state index in [-0.39, 0.29) is 24.2 Å². The second-order valence-corrected chi connectivity index (χ2v) is 10.8. The molecule has 0 radical (unpaired) electrons. The van der Waals surface area contributed by atoms with Crippen molar-refractivity contribution in [1.82, 2.24) is 4.90 Å². The third-order valence-electron chi connectivity index (χ3n) is 8.24. The third-order valence-corrected chi connectivity index (χ3v) is 8.24. The number of carbonyl (C=O) groups is 5. The molecule has 1 aromatic rings. The van der Waals surface area contributed by atoms with Crippen LogP contribution in [-0.2, 0) is 25.6 Å². The van der Waals surface area contributed by atoms with Crippen LogP contribution in [0.4, 0.5) is 0 Å². The Morgan fingerprint density at radius 1 is 1.19 bits per heavy atom. The zero-order valence-corrected chi connectivity index (χ0v) is 20.4. The van der Waals surface area contributed by atoms with Crippen LogP contribution in [0, 0.1) is 34.0 Å². The van der Waals surface area contributed by atoms with Crippen molar-refractivity contribution in [2.75, 3.05) is 14.1 Å². The molecular formula is C26H27N3O7. The SMILES string of the molecule is CN(C)[C@@H]1C(=O)C(C(N)=O)C(=O)[C@@]2(O)C(=O)C3C(=O)c4c(O)ccc(C=CC#N)c4C[C@@]3(C)C[C@@]12C. The summed E-state index contributed by atoms with van der Waals surface area (Å²) in [6.07, 6.45) is 2.71. The molecule has 0 saturated heterocycles. The minimum atomic E-state index is -2.83. The molecule has 0 aromatic heterocycles. The number of amides is 1. The Hall–Kier alpha value is -3.68. The topological polar surface area (TPSA) is 179 Å². The molecule has 1 amide bonds. The minimum absolute atomic E-state index is 0.0947. The van der Waals surface area contributed by atoms with Crippen LogP contribution in [0.1, 0.15) is 41.8 Å². The van der Waals surface area contributed by atoms with Crippen LogP contribution in [0.15, 0.2) is 18.2 Å². The maximum absolute atomic E-state index is 14.1. The Morgan fingerprint density at radius 2 is 1.83 bits per heavy atom. The molecule has 4 N–H and O–H groups in total. The number of Topliss-reactive ketones (excluding diaryl/α,β-unsaturated/α-hetero) is 4. The highest BCUT2D eigenvalue weighted by atomic mass is 16.3. The zero-order chi connectivity index (χ0) is 27.0. The van der Waals surface area contributed by atoms with E-state index < -0.39 is 63.3 Å². The van der Waals surface area contributed by atoms with Gasteiger partial charge in [0.15, 0.2) is 34.7 Å². The maximum atomic E-state index is 14.1. The number of hydrogen-bond donors (Lipinski definition) is 3. The first-order valence-electron chi connectivity index (χ1n) is 11.4. The molecule has 1 aromatic carbocycles. The van der Waals surface area contributed by atoms with Gasteiger partial charge in [-0.05, 0) is 55.6 Å². The van der Waals surface area contributed by atoms with Crippen LogP contribution in [0.2, 0.25) is 0 Å². The number of aromatic hydroxyl groups is 1. The third kappa shape index (κ3) is 2.99. The molecule has 4 rings (SSSR count). The summed E-state index contributed by atoms with van der Waals surface area (Å²) >= 11 is 0. The van der Waals surface area contributed by atoms with Crippen molar-refractivity contribution in [2.24, 2.45) is 28.4 Å². The molecule has 0 spiro atoms. The van der Waals surface area contributed by atoms with Gasteiger partial charge in [0.2, 0.25) is 5.91 Å². The fraction of sp³-hybridized carbons (Fsp3) is 0.462. The van der Waals surface area contributed by atoms with Gasteiger partial charge >= 0.3 is 0 Å². The van der Waals surface area contributed by atoms with Crippen molar-refractivity contribution in [1.29, 1.82) is 5.26 Å². The number of nitriles is 1. The predicted octanol–water partition coefficient (Wildman–Crippen LogP) is 0.184. The normalized spacial score (nSPS) is 35.9. The standard InChI is InChI=1S/C26H27N3O7/c1-24-10-13-12(6-5-9-27)7-8-14(30)15(13)18(31)17(24)22(34)26(36)21(33)16(23(28)35)19(32)20(29(3)4)25(26,2)11-24/h5-8,16-17,20,30,36H,10-11H2,1-4H3,(H2,28,35)/t16?,17?,20-,24+,25+,26-/m1/s1. The van der Waals surface area contributed by atoms with Crippen molar-refractivity contribution >= 4 is 35.1 Å². The van der Waals surface area contributed by atoms with E-state index in [4.69, 9.17) is 11.0 Å². The van der Waals surface area contributed by atoms with Gasteiger partial charge in [0.25, 0.3) is 0 Å². The average Bonchev–Trinajstić information content (AvgIpc) is 2.75. The van der Waals surface area contributed by atoms with E-state index in [1.54, 1.807) is 13.0 Å². The molecule has 0 aliphatic heterocycles. The molecule has 3 aliphatic carbocycles. The Labute approximate surface area is 207 Å². The molecule has 2 saturated carbocycles. The van der Waals surface area contributed by atoms with E-state index >= 15 is 0 Å². The van der Waals surface area contributed by atoms with E-state index in [9.17, 15) is 34.2 Å². The van der Waals surface area contributed by atoms with Crippen LogP contribution >= 0.6 is 0 Å². The van der Waals surface area contributed by atoms with Gasteiger partial charge in [-0.3, -0.25) is 28.9 Å². The first kappa shape index (κ1) is 25.4. The predicted molar refractivity (Wildman–Crippen MR) is 125 cm³/mol. The Bertz CT molecular complexity index is 1330. The number of allylic oxidation sites excluding steroid dienone is 1. The van der Waals surface area contributed by atoms with Crippen molar-refractivity contribution in [3.8, 4) is 11.8 Å². The van der Waals surface area contributed by atoms with Crippen molar-refractivity contribution in [2.45, 2.75) is 38.3 Å². The summed E-state index contributed by atoms with van der Waals surface area (Å²) in [4.78, 5) is 68.2. The molecule has 2 unspecified atom stereocenters. The van der Waals surface area contributed by atoms with E-state index in [1.807, 2.05) is 6.07 Å². The number of ketones is 4. The van der Waals surface area contributed by atoms with E-state index in [2.05, 4.69) is 0 Å². The smallest absolute Gasteiger partial charge is 0.235 e. The fourth-order valence-corrected chi connectivity index (χ4v) is 7.03. The lowest BCUT2D eigenvalue weighted by Crippen LogP contribution is -2.79. The molecular weight excluding hydrogens is 466 g/mol. The molecule has 2 fully saturated rings. The Balaban J connectivity index is 1.99. The zero-order valence-electron chi connectivity index (χ0n) is 20.4. The van der Waals surface area contributed by atoms with Gasteiger partial charge in [-0.25, -0.2) is 0 Å². The van der Waals surface area contributed by atoms with Gasteiger partial charge < -0.3 is 15.9 Å². The highest BCUT2D eigenvalue weighted by Gasteiger charge is 2.76. The van der Waals surface area contributed by atoms with Crippen LogP contribution in [0.5, 0.6) is 5.75 Å². The number of likely N-dealkylation sites (N-methyl/N-ethyl adjacent to an activating group) is 1. The number of aliphatic hydroxyl groups is 1. The van der Waals surface area contributed by atoms with Crippen LogP contribution < -0.4 is 5.73 Å². The average molecular weight is 494 g/mol. The molecule has 36 heavy (non-hydrogen) atoms. The van der Waals surface area contributed by atoms with Gasteiger partial charge in [0.05, 0.1) is 23.6 Å². The Kier molecular flexibility index (Phi) is 5.59. The summed E-state index contributed by atoms with van der Waals surface area (Å²) in [5.41, 5.74) is 0.498. The van der Waals surface area contributed by atoms with Gasteiger partial charge in [-0.2, -0.15) is 5.26 Å². The lowest BCUT2D eigenvalue weighted by Gasteiger charge is -2.61. The molecule has 188 valence electrons. The van der Waals surface area contributed by atoms with E-state index in [0.29, 0.717) is 11.1 Å². The molecule has 10 heteroatoms. The second-order valence-electron chi connectivity index (χ2n) is 10.8. The van der Waals surface area contributed by atoms with E-state index in [1.165, 1.54) is 44.1 Å². The first-order valence-corrected chi connectivity index (χ1v) is 11.4. The summed E-state index contributed by atoms with van der Waals surface area (Å²) in [5.74, 6) is -9.21. The van der Waals surface area contributed by atoms with Gasteiger partial charge in [0.1, 0.15) is 5.75 Å². The number of fused-ring (bicyclic) bond motifs is 3. The molecule has 6 atom stereocenters. The maximum Gasteiger partial charge on any atom is 0.235 e. The number of hydrogen-bond acceptors (Lipinski definition) is 9. The van der Waals surface area contributed by atoms with Crippen molar-refractivity contribution in [3.05, 3.63) is 34.9 Å². The summed E-state index contributed by atoms with van der Waals surface area (Å²) in [7, 11) is 3.07. The van der Waals surface area contributed by atoms with Crippen molar-refractivity contribution in [3.63, 3.8) is 0 Å². The highest BCUT2D eigenvalue weighted by molar-refractivity contribution is 6.33. The largest absolute Gasteiger partial charge is 0.507 e. The Morgan fingerprint density at radius 3 is 2.39 bits per heavy atom. The number of carbonyl (C=O) groups excluding carboxylic acids is 5. The fourth-order valence-electron chi connectivity index (χ4n) is 7.03. The van der Waals surface area contributed by atoms with Crippen LogP contribution in [-0.4, -0.2) is 69.9 Å². The summed E-state index contributed by atoms with van der Waals surface area (Å²) in [6, 6.07) is 3.48. The number of phenolic OH excluding ortho intramolecular Hbond substituents is 1. The first-order chi connectivity index (χ1) is 16.7. The summed E-state index contributed by atoms with van der Waals surface area (Å²) < 4.78 is 0. The van der Waals surface area contributed by atoms with Crippen LogP contribution in [0.3, 0.4) is 0 Å². The number of nitrogens with two attached hydrogens (primary N) is 1. The number of nitrogens with zero attached hydrogens (tertiary/aromatic N) is 2. The molecule has 10 nitrogen and oxygen atoms in total. The number of phenols is 1. The number of rotatable bonds is 3. The van der Waals surface area contributed by atoms with Crippen LogP contribution in [0.25, 0.3) is 6.08 Å². The van der Waals surface area contributed by atoms with Crippen molar-refractivity contribution < 1.29 is 34.2 Å². The highest BCUT2D eigenvalue weighted by Crippen LogP contribution is 2.61. The quantitative estimate of drug-likeness (QED) is 0.391. The van der Waals surface area contributed by atoms with Gasteiger partial charge in [0, 0.05) is 11.5 Å². The lowest BCUT2D eigenvalue weighted by atomic mass is 9.42. The summed E-state index contributed by atoms with van der Waals surface area (Å²) in [6.45, 7) is 3.12. The monoisotopic (exact) mass is 493 g/mol. The molecule has 0 bridgehead atoms. The van der Waals surface area contributed by atoms with Gasteiger partial charge in [-0.15, -0.1) is 0 Å².